The van der Waals surface area contributed by atoms with Crippen LogP contribution in [0.25, 0.3) is 11.3 Å². The second kappa shape index (κ2) is 19.0. The van der Waals surface area contributed by atoms with E-state index in [4.69, 9.17) is 23.7 Å². The molecule has 2 N–H and O–H groups in total. The molecule has 0 spiro atoms. The van der Waals surface area contributed by atoms with Crippen LogP contribution in [0.5, 0.6) is 5.75 Å². The lowest BCUT2D eigenvalue weighted by atomic mass is 9.77. The number of thiazole rings is 1. The third-order valence-corrected chi connectivity index (χ3v) is 13.2. The van der Waals surface area contributed by atoms with Crippen LogP contribution in [0.2, 0.25) is 0 Å². The zero-order valence-electron chi connectivity index (χ0n) is 35.2. The van der Waals surface area contributed by atoms with E-state index in [9.17, 15) is 14.4 Å². The fraction of sp³-hybridized carbons (Fsp3) is 0.163. The fourth-order valence-corrected chi connectivity index (χ4v) is 10.0. The molecule has 0 bridgehead atoms. The van der Waals surface area contributed by atoms with Crippen LogP contribution >= 0.6 is 23.1 Å². The molecule has 9 rings (SSSR count). The quantitative estimate of drug-likeness (QED) is 0.0258. The highest BCUT2D eigenvalue weighted by Crippen LogP contribution is 2.42. The number of nitrogens with zero attached hydrogens (tertiary/aromatic N) is 5. The Labute approximate surface area is 382 Å². The minimum atomic E-state index is -0.979. The van der Waals surface area contributed by atoms with E-state index in [1.54, 1.807) is 43.0 Å². The number of amides is 2. The maximum absolute atomic E-state index is 14.2. The molecule has 2 atom stereocenters. The van der Waals surface area contributed by atoms with E-state index in [0.29, 0.717) is 34.5 Å². The van der Waals surface area contributed by atoms with Crippen LogP contribution in [0.1, 0.15) is 27.9 Å². The largest absolute Gasteiger partial charge is 0.497 e. The number of fused-ring (bicyclic) bond motifs is 1. The Morgan fingerprint density at radius 1 is 0.892 bits per heavy atom. The third-order valence-electron chi connectivity index (χ3n) is 11.1. The molecule has 5 heterocycles. The summed E-state index contributed by atoms with van der Waals surface area (Å²) in [7, 11) is 2.92. The van der Waals surface area contributed by atoms with Crippen molar-refractivity contribution in [3.63, 3.8) is 0 Å². The second-order valence-electron chi connectivity index (χ2n) is 15.0. The number of anilines is 1. The van der Waals surface area contributed by atoms with E-state index < -0.39 is 34.7 Å². The molecule has 7 aromatic rings. The van der Waals surface area contributed by atoms with E-state index in [1.165, 1.54) is 41.5 Å². The van der Waals surface area contributed by atoms with E-state index in [0.717, 1.165) is 27.8 Å². The SMILES string of the molecule is CON=C(C(=O)N[C@@H]1C(=O)N2C(C(=O)OCc3ccc(OC)cc3)=C(C[n+]3ccc(-c4cnco4)cc3)CS[C@H]12)c1csc(NC(c2ccccc2)(c2ccccc2)c2ccccc2)n1. The van der Waals surface area contributed by atoms with Crippen molar-refractivity contribution in [2.45, 2.75) is 30.1 Å². The molecule has 3 aromatic heterocycles. The number of oxime groups is 1. The molecule has 1 fully saturated rings. The lowest BCUT2D eigenvalue weighted by molar-refractivity contribution is -0.689. The van der Waals surface area contributed by atoms with Crippen LogP contribution < -0.4 is 19.9 Å². The Morgan fingerprint density at radius 2 is 1.54 bits per heavy atom. The first-order chi connectivity index (χ1) is 31.9. The predicted molar refractivity (Wildman–Crippen MR) is 245 cm³/mol. The van der Waals surface area contributed by atoms with Gasteiger partial charge in [-0.15, -0.1) is 23.1 Å². The maximum Gasteiger partial charge on any atom is 0.355 e. The topological polar surface area (TPSA) is 161 Å². The lowest BCUT2D eigenvalue weighted by Gasteiger charge is -2.49. The van der Waals surface area contributed by atoms with Gasteiger partial charge in [0, 0.05) is 34.4 Å². The molecule has 0 saturated carbocycles. The van der Waals surface area contributed by atoms with Crippen molar-refractivity contribution in [2.75, 3.05) is 25.3 Å². The normalized spacial score (nSPS) is 16.0. The van der Waals surface area contributed by atoms with Crippen LogP contribution in [0.3, 0.4) is 0 Å². The summed E-state index contributed by atoms with van der Waals surface area (Å²) in [6.07, 6.45) is 6.73. The molecule has 326 valence electrons. The average molecular weight is 905 g/mol. The summed E-state index contributed by atoms with van der Waals surface area (Å²) in [5.74, 6) is -0.105. The summed E-state index contributed by atoms with van der Waals surface area (Å²) in [6, 6.07) is 40.3. The van der Waals surface area contributed by atoms with Gasteiger partial charge in [0.05, 0.1) is 13.3 Å². The number of rotatable bonds is 16. The number of oxazole rings is 1. The molecule has 0 unspecified atom stereocenters. The highest BCUT2D eigenvalue weighted by Gasteiger charge is 2.55. The summed E-state index contributed by atoms with van der Waals surface area (Å²) < 4.78 is 18.5. The first-order valence-corrected chi connectivity index (χ1v) is 22.5. The Bertz CT molecular complexity index is 2740. The molecule has 1 saturated heterocycles. The third kappa shape index (κ3) is 8.73. The van der Waals surface area contributed by atoms with Crippen LogP contribution in [0.4, 0.5) is 5.13 Å². The van der Waals surface area contributed by atoms with Gasteiger partial charge in [-0.05, 0) is 34.4 Å². The van der Waals surface area contributed by atoms with Gasteiger partial charge in [0.1, 0.15) is 47.8 Å². The number of hydrogen-bond donors (Lipinski definition) is 2. The maximum atomic E-state index is 14.2. The van der Waals surface area contributed by atoms with Gasteiger partial charge >= 0.3 is 5.97 Å². The van der Waals surface area contributed by atoms with Gasteiger partial charge in [-0.25, -0.2) is 19.3 Å². The number of nitrogens with one attached hydrogen (secondary N) is 2. The van der Waals surface area contributed by atoms with Crippen molar-refractivity contribution in [1.29, 1.82) is 0 Å². The number of esters is 1. The van der Waals surface area contributed by atoms with Crippen molar-refractivity contribution >= 4 is 51.7 Å². The standard InChI is InChI=1S/C49H41N7O7S2/c1-60-38-20-18-32(19-21-38)28-62-47(59)43-34(27-55-24-22-33(23-25-55)40-26-50-31-63-40)29-64-46-42(45(58)56(43)46)52-44(57)41(54-61-2)39-30-65-48(51-39)53-49(35-12-6-3-7-13-35,36-14-8-4-9-15-36)37-16-10-5-11-17-37/h3-26,30-31,42,46H,27-29H2,1-2H3,(H-,51,52,53,57)/p+1/t42-,46-/m1/s1. The van der Waals surface area contributed by atoms with Crippen molar-refractivity contribution < 1.29 is 37.7 Å². The van der Waals surface area contributed by atoms with Gasteiger partial charge in [-0.3, -0.25) is 14.5 Å². The summed E-state index contributed by atoms with van der Waals surface area (Å²) in [4.78, 5) is 57.9. The molecular formula is C49H42N7O7S2+. The molecule has 4 aromatic carbocycles. The Morgan fingerprint density at radius 3 is 2.12 bits per heavy atom. The minimum absolute atomic E-state index is 0.0247. The smallest absolute Gasteiger partial charge is 0.355 e. The highest BCUT2D eigenvalue weighted by molar-refractivity contribution is 8.00. The van der Waals surface area contributed by atoms with Gasteiger partial charge in [-0.1, -0.05) is 108 Å². The molecule has 65 heavy (non-hydrogen) atoms. The number of hydrogen-bond acceptors (Lipinski definition) is 13. The highest BCUT2D eigenvalue weighted by atomic mass is 32.2. The summed E-state index contributed by atoms with van der Waals surface area (Å²) in [5.41, 5.74) is 4.63. The summed E-state index contributed by atoms with van der Waals surface area (Å²) in [6.45, 7) is 0.276. The number of aromatic nitrogens is 3. The molecular weight excluding hydrogens is 863 g/mol. The Hall–Kier alpha value is -7.56. The summed E-state index contributed by atoms with van der Waals surface area (Å²) in [5, 5.41) is 12.3. The number of thioether (sulfide) groups is 1. The number of ether oxygens (including phenoxy) is 2. The number of carbonyl (C=O) groups excluding carboxylic acids is 3. The van der Waals surface area contributed by atoms with Crippen LogP contribution in [-0.4, -0.2) is 69.8 Å². The van der Waals surface area contributed by atoms with Gasteiger partial charge in [0.2, 0.25) is 0 Å². The molecule has 2 aliphatic heterocycles. The molecule has 14 nitrogen and oxygen atoms in total. The van der Waals surface area contributed by atoms with Crippen LogP contribution in [0, 0.1) is 0 Å². The predicted octanol–water partition coefficient (Wildman–Crippen LogP) is 6.95. The van der Waals surface area contributed by atoms with Crippen molar-refractivity contribution in [3.8, 4) is 17.1 Å². The Balaban J connectivity index is 0.961. The van der Waals surface area contributed by atoms with Crippen molar-refractivity contribution in [1.82, 2.24) is 20.2 Å². The van der Waals surface area contributed by atoms with E-state index in [-0.39, 0.29) is 23.7 Å². The van der Waals surface area contributed by atoms with Crippen LogP contribution in [-0.2, 0) is 42.6 Å². The number of β-lactam (4-membered cyclic amide) rings is 1. The van der Waals surface area contributed by atoms with E-state index >= 15 is 0 Å². The second-order valence-corrected chi connectivity index (χ2v) is 17.0. The summed E-state index contributed by atoms with van der Waals surface area (Å²) >= 11 is 2.75. The lowest BCUT2D eigenvalue weighted by Crippen LogP contribution is -2.71. The van der Waals surface area contributed by atoms with Gasteiger partial charge in [0.25, 0.3) is 11.8 Å². The van der Waals surface area contributed by atoms with E-state index in [1.807, 2.05) is 83.7 Å². The van der Waals surface area contributed by atoms with Crippen LogP contribution in [0.15, 0.2) is 179 Å². The molecule has 0 aliphatic carbocycles. The Kier molecular flexibility index (Phi) is 12.5. The zero-order valence-corrected chi connectivity index (χ0v) is 36.8. The first kappa shape index (κ1) is 42.7. The number of benzene rings is 4. The fourth-order valence-electron chi connectivity index (χ4n) is 7.92. The zero-order chi connectivity index (χ0) is 44.8. The molecule has 16 heteroatoms. The molecule has 2 amide bonds. The molecule has 0 radical (unpaired) electrons. The monoisotopic (exact) mass is 904 g/mol. The van der Waals surface area contributed by atoms with Crippen molar-refractivity contribution in [3.05, 3.63) is 197 Å². The van der Waals surface area contributed by atoms with Gasteiger partial charge in [-0.2, -0.15) is 0 Å². The van der Waals surface area contributed by atoms with Gasteiger partial charge < -0.3 is 29.4 Å². The molecule has 2 aliphatic rings. The number of methoxy groups -OCH3 is 1. The van der Waals surface area contributed by atoms with E-state index in [2.05, 4.69) is 57.2 Å². The first-order valence-electron chi connectivity index (χ1n) is 20.5. The number of pyridine rings is 1. The number of carbonyl (C=O) groups is 3. The van der Waals surface area contributed by atoms with Crippen molar-refractivity contribution in [2.24, 2.45) is 5.16 Å². The van der Waals surface area contributed by atoms with Gasteiger partial charge in [0.15, 0.2) is 41.9 Å². The minimum Gasteiger partial charge on any atom is -0.497 e. The average Bonchev–Trinajstić information content (AvgIpc) is 4.08.